The molecule has 5 heteroatoms. The Morgan fingerprint density at radius 3 is 1.71 bits per heavy atom. The van der Waals surface area contributed by atoms with E-state index in [9.17, 15) is 0 Å². The predicted molar refractivity (Wildman–Crippen MR) is 225 cm³/mol. The maximum Gasteiger partial charge on any atom is 0.164 e. The Bertz CT molecular complexity index is 2940. The second-order valence-electron chi connectivity index (χ2n) is 14.4. The Hall–Kier alpha value is -7.37. The van der Waals surface area contributed by atoms with Crippen molar-refractivity contribution < 1.29 is 4.74 Å². The fourth-order valence-corrected chi connectivity index (χ4v) is 8.34. The number of fused-ring (bicyclic) bond motifs is 7. The van der Waals surface area contributed by atoms with Crippen LogP contribution in [-0.2, 0) is 0 Å². The molecule has 2 atom stereocenters. The minimum atomic E-state index is -0.150. The average Bonchev–Trinajstić information content (AvgIpc) is 3.83. The first kappa shape index (κ1) is 32.1. The van der Waals surface area contributed by atoms with Gasteiger partial charge in [-0.25, -0.2) is 15.0 Å². The molecule has 0 saturated heterocycles. The molecule has 2 aromatic heterocycles. The number of ether oxygens (including phenoxy) is 1. The van der Waals surface area contributed by atoms with Gasteiger partial charge in [0.15, 0.2) is 17.5 Å². The summed E-state index contributed by atoms with van der Waals surface area (Å²) in [5, 5.41) is 1.21. The molecule has 0 radical (unpaired) electrons. The van der Waals surface area contributed by atoms with Crippen LogP contribution >= 0.6 is 0 Å². The Balaban J connectivity index is 1.01. The van der Waals surface area contributed by atoms with Gasteiger partial charge < -0.3 is 9.30 Å². The molecule has 0 fully saturated rings. The normalized spacial score (nSPS) is 15.2. The number of benzene rings is 7. The van der Waals surface area contributed by atoms with Crippen molar-refractivity contribution in [2.75, 3.05) is 0 Å². The highest BCUT2D eigenvalue weighted by molar-refractivity contribution is 5.92. The summed E-state index contributed by atoms with van der Waals surface area (Å²) in [5.74, 6) is 2.80. The number of hydrogen-bond acceptors (Lipinski definition) is 4. The molecule has 2 unspecified atom stereocenters. The smallest absolute Gasteiger partial charge is 0.164 e. The highest BCUT2D eigenvalue weighted by atomic mass is 16.5. The molecule has 7 aromatic carbocycles. The van der Waals surface area contributed by atoms with E-state index in [4.69, 9.17) is 19.7 Å². The minimum absolute atomic E-state index is 0.0429. The monoisotopic (exact) mass is 718 g/mol. The molecule has 0 N–H and O–H groups in total. The van der Waals surface area contributed by atoms with Crippen LogP contribution in [-0.4, -0.2) is 19.5 Å². The van der Waals surface area contributed by atoms with Crippen molar-refractivity contribution in [3.8, 4) is 67.9 Å². The molecule has 56 heavy (non-hydrogen) atoms. The van der Waals surface area contributed by atoms with Crippen LogP contribution in [0.3, 0.4) is 0 Å². The van der Waals surface area contributed by atoms with Gasteiger partial charge in [-0.15, -0.1) is 0 Å². The summed E-state index contributed by atoms with van der Waals surface area (Å²) < 4.78 is 9.21. The lowest BCUT2D eigenvalue weighted by atomic mass is 9.85. The van der Waals surface area contributed by atoms with E-state index in [1.54, 1.807) is 0 Å². The van der Waals surface area contributed by atoms with Crippen molar-refractivity contribution in [1.29, 1.82) is 0 Å². The van der Waals surface area contributed by atoms with Gasteiger partial charge in [-0.3, -0.25) is 0 Å². The van der Waals surface area contributed by atoms with Crippen LogP contribution in [0.2, 0.25) is 0 Å². The molecule has 0 saturated carbocycles. The van der Waals surface area contributed by atoms with Gasteiger partial charge in [0.1, 0.15) is 11.9 Å². The summed E-state index contributed by atoms with van der Waals surface area (Å²) >= 11 is 0. The van der Waals surface area contributed by atoms with Gasteiger partial charge in [0.25, 0.3) is 0 Å². The molecule has 0 spiro atoms. The van der Waals surface area contributed by atoms with E-state index in [0.717, 1.165) is 56.1 Å². The van der Waals surface area contributed by atoms with Gasteiger partial charge >= 0.3 is 0 Å². The molecule has 1 aliphatic carbocycles. The fourth-order valence-electron chi connectivity index (χ4n) is 8.34. The molecular weight excluding hydrogens is 685 g/mol. The number of hydrogen-bond donors (Lipinski definition) is 0. The molecular formula is C51H34N4O. The van der Waals surface area contributed by atoms with E-state index >= 15 is 0 Å². The SMILES string of the molecule is C1=CC2c3cc(-c4nc(-c5ccc(-c6ccccc6)cc5)nc(-c5cccc(-c6ccccc6)c5)n4)ccc3OC2c2c1n(-c1ccccc1)c1ccccc21. The zero-order chi connectivity index (χ0) is 37.0. The molecule has 2 aliphatic rings. The molecule has 3 heterocycles. The molecule has 0 bridgehead atoms. The predicted octanol–water partition coefficient (Wildman–Crippen LogP) is 12.4. The Labute approximate surface area is 324 Å². The Morgan fingerprint density at radius 2 is 0.982 bits per heavy atom. The third kappa shape index (κ3) is 5.44. The number of nitrogens with zero attached hydrogens (tertiary/aromatic N) is 4. The van der Waals surface area contributed by atoms with Crippen molar-refractivity contribution in [1.82, 2.24) is 19.5 Å². The average molecular weight is 719 g/mol. The number of aromatic nitrogens is 4. The van der Waals surface area contributed by atoms with E-state index in [-0.39, 0.29) is 12.0 Å². The lowest BCUT2D eigenvalue weighted by Crippen LogP contribution is -2.13. The van der Waals surface area contributed by atoms with Crippen molar-refractivity contribution in [2.24, 2.45) is 0 Å². The first-order valence-corrected chi connectivity index (χ1v) is 19.0. The zero-order valence-electron chi connectivity index (χ0n) is 30.3. The van der Waals surface area contributed by atoms with Crippen LogP contribution in [0.4, 0.5) is 0 Å². The summed E-state index contributed by atoms with van der Waals surface area (Å²) in [6, 6.07) is 63.3. The van der Waals surface area contributed by atoms with Gasteiger partial charge in [0.05, 0.1) is 11.2 Å². The molecule has 264 valence electrons. The second-order valence-corrected chi connectivity index (χ2v) is 14.4. The van der Waals surface area contributed by atoms with Crippen molar-refractivity contribution in [3.63, 3.8) is 0 Å². The van der Waals surface area contributed by atoms with E-state index in [0.29, 0.717) is 17.5 Å². The van der Waals surface area contributed by atoms with Gasteiger partial charge in [0, 0.05) is 44.8 Å². The second kappa shape index (κ2) is 13.2. The molecule has 5 nitrogen and oxygen atoms in total. The molecule has 1 aliphatic heterocycles. The lowest BCUT2D eigenvalue weighted by molar-refractivity contribution is 0.224. The number of para-hydroxylation sites is 2. The summed E-state index contributed by atoms with van der Waals surface area (Å²) in [4.78, 5) is 15.4. The van der Waals surface area contributed by atoms with Crippen LogP contribution in [0.5, 0.6) is 5.75 Å². The van der Waals surface area contributed by atoms with Crippen molar-refractivity contribution >= 4 is 17.0 Å². The first-order chi connectivity index (χ1) is 27.7. The van der Waals surface area contributed by atoms with Crippen LogP contribution in [0.15, 0.2) is 188 Å². The summed E-state index contributed by atoms with van der Waals surface area (Å²) in [6.07, 6.45) is 4.42. The highest BCUT2D eigenvalue weighted by Crippen LogP contribution is 2.53. The molecule has 11 rings (SSSR count). The van der Waals surface area contributed by atoms with Gasteiger partial charge in [-0.05, 0) is 70.8 Å². The third-order valence-corrected chi connectivity index (χ3v) is 11.0. The van der Waals surface area contributed by atoms with Crippen molar-refractivity contribution in [2.45, 2.75) is 12.0 Å². The highest BCUT2D eigenvalue weighted by Gasteiger charge is 2.40. The first-order valence-electron chi connectivity index (χ1n) is 19.0. The van der Waals surface area contributed by atoms with Gasteiger partial charge in [0.2, 0.25) is 0 Å². The Morgan fingerprint density at radius 1 is 0.446 bits per heavy atom. The van der Waals surface area contributed by atoms with E-state index < -0.39 is 0 Å². The summed E-state index contributed by atoms with van der Waals surface area (Å²) in [7, 11) is 0. The maximum atomic E-state index is 6.86. The largest absolute Gasteiger partial charge is 0.484 e. The molecule has 0 amide bonds. The third-order valence-electron chi connectivity index (χ3n) is 11.0. The lowest BCUT2D eigenvalue weighted by Gasteiger charge is -2.22. The standard InChI is InChI=1S/C51H34N4O/c1-4-13-33(14-5-1)35-23-25-36(26-24-35)49-52-50(38-18-12-17-37(31-38)34-15-6-2-7-16-34)54-51(53-49)39-27-30-46-43(32-39)41-28-29-45-47(48(41)56-46)42-21-10-11-22-44(42)55(45)40-19-8-3-9-20-40/h1-32,41,48H. The van der Waals surface area contributed by atoms with Gasteiger partial charge in [-0.2, -0.15) is 0 Å². The van der Waals surface area contributed by atoms with Gasteiger partial charge in [-0.1, -0.05) is 146 Å². The maximum absolute atomic E-state index is 6.86. The van der Waals surface area contributed by atoms with E-state index in [2.05, 4.69) is 187 Å². The van der Waals surface area contributed by atoms with Crippen molar-refractivity contribution in [3.05, 3.63) is 205 Å². The summed E-state index contributed by atoms with van der Waals surface area (Å²) in [5.41, 5.74) is 13.2. The van der Waals surface area contributed by atoms with Crippen LogP contribution in [0, 0.1) is 0 Å². The molecule has 9 aromatic rings. The summed E-state index contributed by atoms with van der Waals surface area (Å²) in [6.45, 7) is 0. The minimum Gasteiger partial charge on any atom is -0.484 e. The fraction of sp³-hybridized carbons (Fsp3) is 0.0392. The Kier molecular flexibility index (Phi) is 7.56. The van der Waals surface area contributed by atoms with Crippen LogP contribution < -0.4 is 4.74 Å². The van der Waals surface area contributed by atoms with Crippen LogP contribution in [0.1, 0.15) is 28.8 Å². The zero-order valence-corrected chi connectivity index (χ0v) is 30.3. The number of rotatable bonds is 6. The topological polar surface area (TPSA) is 52.8 Å². The quantitative estimate of drug-likeness (QED) is 0.172. The van der Waals surface area contributed by atoms with E-state index in [1.165, 1.54) is 22.0 Å². The van der Waals surface area contributed by atoms with E-state index in [1.807, 2.05) is 12.1 Å². The van der Waals surface area contributed by atoms with Crippen LogP contribution in [0.25, 0.3) is 79.1 Å².